The summed E-state index contributed by atoms with van der Waals surface area (Å²) in [5, 5.41) is 15.4. The lowest BCUT2D eigenvalue weighted by molar-refractivity contribution is 0.421. The van der Waals surface area contributed by atoms with E-state index in [4.69, 9.17) is 4.52 Å². The zero-order chi connectivity index (χ0) is 11.5. The zero-order valence-corrected chi connectivity index (χ0v) is 8.89. The van der Waals surface area contributed by atoms with Crippen LogP contribution in [0.1, 0.15) is 5.56 Å². The van der Waals surface area contributed by atoms with Crippen molar-refractivity contribution in [2.75, 3.05) is 0 Å². The predicted molar refractivity (Wildman–Crippen MR) is 58.9 cm³/mol. The molecule has 0 aliphatic heterocycles. The van der Waals surface area contributed by atoms with Crippen LogP contribution in [0.4, 0.5) is 0 Å². The van der Waals surface area contributed by atoms with E-state index in [1.807, 2.05) is 30.3 Å². The van der Waals surface area contributed by atoms with Crippen molar-refractivity contribution in [3.05, 3.63) is 48.2 Å². The van der Waals surface area contributed by atoms with Crippen LogP contribution in [-0.4, -0.2) is 25.4 Å². The van der Waals surface area contributed by atoms with Crippen LogP contribution in [0.5, 0.6) is 0 Å². The Balaban J connectivity index is 1.92. The first kappa shape index (κ1) is 9.71. The fourth-order valence-electron chi connectivity index (χ4n) is 1.58. The number of rotatable bonds is 3. The summed E-state index contributed by atoms with van der Waals surface area (Å²) >= 11 is 0. The maximum absolute atomic E-state index is 4.78. The predicted octanol–water partition coefficient (Wildman–Crippen LogP) is 1.38. The molecule has 0 amide bonds. The third kappa shape index (κ3) is 1.92. The molecule has 6 heteroatoms. The third-order valence-electron chi connectivity index (χ3n) is 2.37. The standard InChI is InChI=1S/C11H9N5O/c1-2-4-9(5-3-1)8-16-11(12-14-15-16)10-6-7-17-13-10/h1-7H,8H2. The molecule has 0 spiro atoms. The average Bonchev–Trinajstić information content (AvgIpc) is 3.00. The molecule has 0 fully saturated rings. The van der Waals surface area contributed by atoms with Gasteiger partial charge in [0.05, 0.1) is 6.54 Å². The fourth-order valence-corrected chi connectivity index (χ4v) is 1.58. The number of hydrogen-bond donors (Lipinski definition) is 0. The molecule has 0 saturated carbocycles. The van der Waals surface area contributed by atoms with Crippen LogP contribution in [0.15, 0.2) is 47.2 Å². The minimum absolute atomic E-state index is 0.600. The number of aromatic nitrogens is 5. The van der Waals surface area contributed by atoms with Gasteiger partial charge in [-0.2, -0.15) is 0 Å². The molecular weight excluding hydrogens is 218 g/mol. The lowest BCUT2D eigenvalue weighted by atomic mass is 10.2. The number of tetrazole rings is 1. The number of hydrogen-bond acceptors (Lipinski definition) is 5. The van der Waals surface area contributed by atoms with Crippen LogP contribution in [0, 0.1) is 0 Å². The smallest absolute Gasteiger partial charge is 0.204 e. The van der Waals surface area contributed by atoms with Gasteiger partial charge in [-0.3, -0.25) is 0 Å². The molecule has 0 unspecified atom stereocenters. The van der Waals surface area contributed by atoms with Crippen LogP contribution in [0.25, 0.3) is 11.5 Å². The van der Waals surface area contributed by atoms with Crippen molar-refractivity contribution in [2.24, 2.45) is 0 Å². The van der Waals surface area contributed by atoms with Gasteiger partial charge in [0.1, 0.15) is 6.26 Å². The quantitative estimate of drug-likeness (QED) is 0.676. The lowest BCUT2D eigenvalue weighted by Gasteiger charge is -2.02. The van der Waals surface area contributed by atoms with Crippen LogP contribution >= 0.6 is 0 Å². The topological polar surface area (TPSA) is 69.6 Å². The van der Waals surface area contributed by atoms with Gasteiger partial charge in [0, 0.05) is 6.07 Å². The molecule has 3 rings (SSSR count). The van der Waals surface area contributed by atoms with Crippen molar-refractivity contribution in [1.82, 2.24) is 25.4 Å². The molecule has 6 nitrogen and oxygen atoms in total. The zero-order valence-electron chi connectivity index (χ0n) is 8.89. The molecule has 0 aliphatic rings. The van der Waals surface area contributed by atoms with E-state index in [1.165, 1.54) is 6.26 Å². The van der Waals surface area contributed by atoms with E-state index in [9.17, 15) is 0 Å². The average molecular weight is 227 g/mol. The highest BCUT2D eigenvalue weighted by Crippen LogP contribution is 2.13. The summed E-state index contributed by atoms with van der Waals surface area (Å²) in [6.07, 6.45) is 1.50. The Morgan fingerprint density at radius 2 is 2.00 bits per heavy atom. The second kappa shape index (κ2) is 4.17. The summed E-state index contributed by atoms with van der Waals surface area (Å²) in [6, 6.07) is 11.7. The molecule has 84 valence electrons. The summed E-state index contributed by atoms with van der Waals surface area (Å²) in [4.78, 5) is 0. The van der Waals surface area contributed by atoms with Crippen LogP contribution in [0.3, 0.4) is 0 Å². The highest BCUT2D eigenvalue weighted by Gasteiger charge is 2.11. The van der Waals surface area contributed by atoms with Gasteiger partial charge in [-0.15, -0.1) is 5.10 Å². The molecule has 2 aromatic heterocycles. The molecule has 0 bridgehead atoms. The first-order valence-corrected chi connectivity index (χ1v) is 5.14. The minimum Gasteiger partial charge on any atom is -0.364 e. The molecule has 0 N–H and O–H groups in total. The van der Waals surface area contributed by atoms with Gasteiger partial charge in [-0.25, -0.2) is 4.68 Å². The van der Waals surface area contributed by atoms with Gasteiger partial charge < -0.3 is 4.52 Å². The Hall–Kier alpha value is -2.50. The van der Waals surface area contributed by atoms with E-state index in [-0.39, 0.29) is 0 Å². The summed E-state index contributed by atoms with van der Waals surface area (Å²) < 4.78 is 6.47. The second-order valence-corrected chi connectivity index (χ2v) is 3.53. The summed E-state index contributed by atoms with van der Waals surface area (Å²) in [7, 11) is 0. The van der Waals surface area contributed by atoms with Crippen molar-refractivity contribution in [3.8, 4) is 11.5 Å². The van der Waals surface area contributed by atoms with Crippen molar-refractivity contribution in [2.45, 2.75) is 6.54 Å². The van der Waals surface area contributed by atoms with Crippen LogP contribution in [-0.2, 0) is 6.54 Å². The van der Waals surface area contributed by atoms with Crippen molar-refractivity contribution in [1.29, 1.82) is 0 Å². The van der Waals surface area contributed by atoms with Gasteiger partial charge in [-0.1, -0.05) is 35.5 Å². The number of benzene rings is 1. The molecular formula is C11H9N5O. The first-order valence-electron chi connectivity index (χ1n) is 5.14. The van der Waals surface area contributed by atoms with E-state index in [0.717, 1.165) is 5.56 Å². The van der Waals surface area contributed by atoms with Crippen molar-refractivity contribution >= 4 is 0 Å². The van der Waals surface area contributed by atoms with Gasteiger partial charge in [0.2, 0.25) is 5.82 Å². The van der Waals surface area contributed by atoms with Gasteiger partial charge in [0.15, 0.2) is 5.69 Å². The minimum atomic E-state index is 0.600. The monoisotopic (exact) mass is 227 g/mol. The van der Waals surface area contributed by atoms with Gasteiger partial charge in [0.25, 0.3) is 0 Å². The lowest BCUT2D eigenvalue weighted by Crippen LogP contribution is -2.04. The maximum Gasteiger partial charge on any atom is 0.204 e. The molecule has 0 saturated heterocycles. The summed E-state index contributed by atoms with van der Waals surface area (Å²) in [6.45, 7) is 0.607. The van der Waals surface area contributed by atoms with Gasteiger partial charge in [-0.05, 0) is 16.0 Å². The van der Waals surface area contributed by atoms with Crippen molar-refractivity contribution < 1.29 is 4.52 Å². The molecule has 0 aliphatic carbocycles. The fraction of sp³-hybridized carbons (Fsp3) is 0.0909. The molecule has 1 aromatic carbocycles. The SMILES string of the molecule is c1ccc(Cn2nnnc2-c2ccon2)cc1. The molecule has 0 atom stereocenters. The van der Waals surface area contributed by atoms with Crippen LogP contribution in [0.2, 0.25) is 0 Å². The molecule has 2 heterocycles. The third-order valence-corrected chi connectivity index (χ3v) is 2.37. The summed E-state index contributed by atoms with van der Waals surface area (Å²) in [5.41, 5.74) is 1.76. The largest absolute Gasteiger partial charge is 0.364 e. The molecule has 3 aromatic rings. The molecule has 17 heavy (non-hydrogen) atoms. The van der Waals surface area contributed by atoms with E-state index in [2.05, 4.69) is 20.7 Å². The maximum atomic E-state index is 4.78. The van der Waals surface area contributed by atoms with E-state index in [0.29, 0.717) is 18.1 Å². The highest BCUT2D eigenvalue weighted by atomic mass is 16.5. The van der Waals surface area contributed by atoms with E-state index >= 15 is 0 Å². The first-order chi connectivity index (χ1) is 8.43. The van der Waals surface area contributed by atoms with E-state index in [1.54, 1.807) is 10.7 Å². The van der Waals surface area contributed by atoms with E-state index < -0.39 is 0 Å². The summed E-state index contributed by atoms with van der Waals surface area (Å²) in [5.74, 6) is 0.600. The Morgan fingerprint density at radius 3 is 2.76 bits per heavy atom. The Labute approximate surface area is 96.9 Å². The van der Waals surface area contributed by atoms with Crippen LogP contribution < -0.4 is 0 Å². The normalized spacial score (nSPS) is 10.6. The van der Waals surface area contributed by atoms with Gasteiger partial charge >= 0.3 is 0 Å². The Bertz CT molecular complexity index is 587. The molecule has 0 radical (unpaired) electrons. The second-order valence-electron chi connectivity index (χ2n) is 3.53. The van der Waals surface area contributed by atoms with Crippen molar-refractivity contribution in [3.63, 3.8) is 0 Å². The number of nitrogens with zero attached hydrogens (tertiary/aromatic N) is 5. The highest BCUT2D eigenvalue weighted by molar-refractivity contribution is 5.46. The Kier molecular flexibility index (Phi) is 2.38. The Morgan fingerprint density at radius 1 is 1.12 bits per heavy atom.